The van der Waals surface area contributed by atoms with Crippen LogP contribution in [0, 0.1) is 17.1 Å². The maximum Gasteiger partial charge on any atom is 0.140 e. The van der Waals surface area contributed by atoms with Gasteiger partial charge in [0, 0.05) is 25.7 Å². The molecule has 0 radical (unpaired) electrons. The molecule has 0 spiro atoms. The summed E-state index contributed by atoms with van der Waals surface area (Å²) in [6, 6.07) is 6.24. The first kappa shape index (κ1) is 15.1. The van der Waals surface area contributed by atoms with Gasteiger partial charge in [-0.3, -0.25) is 0 Å². The van der Waals surface area contributed by atoms with Crippen LogP contribution in [0.5, 0.6) is 0 Å². The van der Waals surface area contributed by atoms with Crippen molar-refractivity contribution >= 4 is 6.02 Å². The van der Waals surface area contributed by atoms with Crippen molar-refractivity contribution in [2.24, 2.45) is 4.99 Å². The predicted octanol–water partition coefficient (Wildman–Crippen LogP) is 1.33. The van der Waals surface area contributed by atoms with Gasteiger partial charge < -0.3 is 14.9 Å². The zero-order valence-corrected chi connectivity index (χ0v) is 13.0. The number of likely N-dealkylation sites (N-methyl/N-ethyl adjacent to an activating group) is 1. The van der Waals surface area contributed by atoms with E-state index in [0.717, 1.165) is 11.4 Å². The number of hydrogen-bond donors (Lipinski definition) is 0. The number of amidine groups is 1. The fourth-order valence-electron chi connectivity index (χ4n) is 2.70. The smallest absolute Gasteiger partial charge is 0.140 e. The summed E-state index contributed by atoms with van der Waals surface area (Å²) in [4.78, 5) is 7.78. The molecule has 0 aliphatic carbocycles. The Morgan fingerprint density at radius 3 is 3.04 bits per heavy atom. The topological polar surface area (TPSA) is 65.7 Å². The summed E-state index contributed by atoms with van der Waals surface area (Å²) in [5, 5.41) is 21.0. The van der Waals surface area contributed by atoms with Crippen molar-refractivity contribution in [1.29, 1.82) is 5.26 Å². The zero-order valence-electron chi connectivity index (χ0n) is 13.0. The van der Waals surface area contributed by atoms with E-state index >= 15 is 0 Å². The van der Waals surface area contributed by atoms with Crippen molar-refractivity contribution in [3.05, 3.63) is 58.8 Å². The highest BCUT2D eigenvalue weighted by atomic mass is 19.1. The summed E-state index contributed by atoms with van der Waals surface area (Å²) in [7, 11) is 1.95. The highest BCUT2D eigenvalue weighted by molar-refractivity contribution is 5.75. The van der Waals surface area contributed by atoms with Crippen molar-refractivity contribution < 1.29 is 9.50 Å². The molecule has 2 heterocycles. The standard InChI is InChI=1S/C17H17FN4O/c1-11-10-22-16(21(11)2)8-14(20-17(22)23)5-3-12-4-6-15(18)13(7-12)9-19/h4-8,11H,3,10H2,1-2H3,(H,20,23)/p-1. The molecular formula is C17H16FN4O-. The van der Waals surface area contributed by atoms with Gasteiger partial charge in [0.15, 0.2) is 0 Å². The molecule has 0 saturated carbocycles. The van der Waals surface area contributed by atoms with Gasteiger partial charge in [0.05, 0.1) is 17.3 Å². The maximum absolute atomic E-state index is 13.3. The number of rotatable bonds is 2. The molecule has 0 aromatic heterocycles. The van der Waals surface area contributed by atoms with Crippen LogP contribution in [0.2, 0.25) is 0 Å². The van der Waals surface area contributed by atoms with E-state index in [1.54, 1.807) is 11.0 Å². The second kappa shape index (κ2) is 5.76. The highest BCUT2D eigenvalue weighted by Gasteiger charge is 2.30. The molecule has 0 N–H and O–H groups in total. The molecule has 2 aliphatic rings. The van der Waals surface area contributed by atoms with E-state index in [-0.39, 0.29) is 17.6 Å². The van der Waals surface area contributed by atoms with Gasteiger partial charge >= 0.3 is 0 Å². The van der Waals surface area contributed by atoms with Crippen molar-refractivity contribution in [2.75, 3.05) is 13.6 Å². The molecule has 0 amide bonds. The van der Waals surface area contributed by atoms with Gasteiger partial charge in [-0.1, -0.05) is 12.1 Å². The van der Waals surface area contributed by atoms with E-state index < -0.39 is 5.82 Å². The maximum atomic E-state index is 13.3. The number of allylic oxidation sites excluding steroid dienone is 2. The van der Waals surface area contributed by atoms with Gasteiger partial charge in [0.2, 0.25) is 0 Å². The summed E-state index contributed by atoms with van der Waals surface area (Å²) >= 11 is 0. The summed E-state index contributed by atoms with van der Waals surface area (Å²) in [6.07, 6.45) is 4.16. The molecule has 1 saturated heterocycles. The molecule has 3 rings (SSSR count). The van der Waals surface area contributed by atoms with Crippen molar-refractivity contribution in [3.8, 4) is 6.07 Å². The normalized spacial score (nSPS) is 21.8. The number of fused-ring (bicyclic) bond motifs is 1. The first-order valence-corrected chi connectivity index (χ1v) is 7.36. The number of hydrogen-bond acceptors (Lipinski definition) is 5. The monoisotopic (exact) mass is 311 g/mol. The van der Waals surface area contributed by atoms with Gasteiger partial charge in [-0.05, 0) is 31.0 Å². The van der Waals surface area contributed by atoms with Gasteiger partial charge in [-0.25, -0.2) is 9.38 Å². The molecule has 0 bridgehead atoms. The molecule has 6 heteroatoms. The average Bonchev–Trinajstić information content (AvgIpc) is 2.83. The average molecular weight is 311 g/mol. The molecule has 1 fully saturated rings. The van der Waals surface area contributed by atoms with Crippen LogP contribution in [0.4, 0.5) is 4.39 Å². The van der Waals surface area contributed by atoms with Crippen LogP contribution in [0.25, 0.3) is 0 Å². The summed E-state index contributed by atoms with van der Waals surface area (Å²) in [6.45, 7) is 2.69. The molecule has 1 atom stereocenters. The molecule has 1 aromatic rings. The van der Waals surface area contributed by atoms with Gasteiger partial charge in [-0.2, -0.15) is 5.26 Å². The van der Waals surface area contributed by atoms with E-state index in [1.165, 1.54) is 12.1 Å². The van der Waals surface area contributed by atoms with E-state index in [0.29, 0.717) is 18.7 Å². The van der Waals surface area contributed by atoms with Crippen LogP contribution < -0.4 is 5.11 Å². The Morgan fingerprint density at radius 1 is 1.52 bits per heavy atom. The number of benzene rings is 1. The van der Waals surface area contributed by atoms with Crippen molar-refractivity contribution in [2.45, 2.75) is 19.4 Å². The fraction of sp³-hybridized carbons (Fsp3) is 0.294. The number of aliphatic imine (C=N–C) groups is 1. The summed E-state index contributed by atoms with van der Waals surface area (Å²) in [5.41, 5.74) is 1.41. The van der Waals surface area contributed by atoms with Crippen molar-refractivity contribution in [1.82, 2.24) is 9.80 Å². The number of halogens is 1. The largest absolute Gasteiger partial charge is 0.846 e. The Kier molecular flexibility index (Phi) is 3.78. The SMILES string of the molecule is CC1CN2C(=CC(=CCc3ccc(F)c(C#N)c3)N=C2[O-])N1C. The van der Waals surface area contributed by atoms with Gasteiger partial charge in [0.25, 0.3) is 0 Å². The third kappa shape index (κ3) is 2.78. The Bertz CT molecular complexity index is 775. The van der Waals surface area contributed by atoms with E-state index in [4.69, 9.17) is 5.26 Å². The van der Waals surface area contributed by atoms with E-state index in [1.807, 2.05) is 30.2 Å². The van der Waals surface area contributed by atoms with Crippen LogP contribution >= 0.6 is 0 Å². The minimum absolute atomic E-state index is 0.0199. The van der Waals surface area contributed by atoms with Crippen LogP contribution in [-0.2, 0) is 6.42 Å². The third-order valence-electron chi connectivity index (χ3n) is 4.18. The lowest BCUT2D eigenvalue weighted by atomic mass is 10.1. The minimum Gasteiger partial charge on any atom is -0.846 e. The lowest BCUT2D eigenvalue weighted by Gasteiger charge is -2.30. The lowest BCUT2D eigenvalue weighted by Crippen LogP contribution is -2.39. The van der Waals surface area contributed by atoms with Crippen LogP contribution in [0.15, 0.2) is 46.9 Å². The Balaban J connectivity index is 1.84. The van der Waals surface area contributed by atoms with Gasteiger partial charge in [0.1, 0.15) is 17.7 Å². The summed E-state index contributed by atoms with van der Waals surface area (Å²) < 4.78 is 13.3. The van der Waals surface area contributed by atoms with E-state index in [9.17, 15) is 9.50 Å². The predicted molar refractivity (Wildman–Crippen MR) is 82.4 cm³/mol. The number of nitrogens with zero attached hydrogens (tertiary/aromatic N) is 4. The molecule has 2 aliphatic heterocycles. The van der Waals surface area contributed by atoms with E-state index in [2.05, 4.69) is 11.9 Å². The lowest BCUT2D eigenvalue weighted by molar-refractivity contribution is -0.232. The quantitative estimate of drug-likeness (QED) is 0.826. The highest BCUT2D eigenvalue weighted by Crippen LogP contribution is 2.26. The molecule has 118 valence electrons. The van der Waals surface area contributed by atoms with Gasteiger partial charge in [-0.15, -0.1) is 0 Å². The van der Waals surface area contributed by atoms with Crippen molar-refractivity contribution in [3.63, 3.8) is 0 Å². The minimum atomic E-state index is -0.527. The molecular weight excluding hydrogens is 295 g/mol. The molecule has 23 heavy (non-hydrogen) atoms. The Labute approximate surface area is 134 Å². The summed E-state index contributed by atoms with van der Waals surface area (Å²) in [5.74, 6) is 0.321. The zero-order chi connectivity index (χ0) is 16.6. The molecule has 1 unspecified atom stereocenters. The third-order valence-corrected chi connectivity index (χ3v) is 4.18. The second-order valence-electron chi connectivity index (χ2n) is 5.73. The first-order valence-electron chi connectivity index (χ1n) is 7.36. The van der Waals surface area contributed by atoms with Crippen LogP contribution in [0.3, 0.4) is 0 Å². The second-order valence-corrected chi connectivity index (χ2v) is 5.73. The molecule has 1 aromatic carbocycles. The van der Waals surface area contributed by atoms with Crippen LogP contribution in [0.1, 0.15) is 18.1 Å². The fourth-order valence-corrected chi connectivity index (χ4v) is 2.70. The molecule has 5 nitrogen and oxygen atoms in total. The number of nitriles is 1. The Morgan fingerprint density at radius 2 is 2.30 bits per heavy atom. The first-order chi connectivity index (χ1) is 11.0. The Hall–Kier alpha value is -2.81. The van der Waals surface area contributed by atoms with Crippen LogP contribution in [-0.4, -0.2) is 35.5 Å².